The molecule has 3 heteroatoms. The maximum Gasteiger partial charge on any atom is 0.313 e. The number of carbonyl (C=O) groups excluding carboxylic acids is 2. The van der Waals surface area contributed by atoms with Crippen molar-refractivity contribution in [1.29, 1.82) is 0 Å². The average molecular weight is 775 g/mol. The second kappa shape index (κ2) is 42.7. The third kappa shape index (κ3) is 42.6. The zero-order chi connectivity index (χ0) is 40.5. The lowest BCUT2D eigenvalue weighted by atomic mass is 9.93. The minimum Gasteiger partial charge on any atom is -0.393 e. The monoisotopic (exact) mass is 775 g/mol. The van der Waals surface area contributed by atoms with Gasteiger partial charge >= 0.3 is 11.9 Å². The minimum absolute atomic E-state index is 0.320. The highest BCUT2D eigenvalue weighted by Crippen LogP contribution is 2.22. The van der Waals surface area contributed by atoms with E-state index in [1.165, 1.54) is 218 Å². The fourth-order valence-electron chi connectivity index (χ4n) is 8.32. The van der Waals surface area contributed by atoms with Gasteiger partial charge in [0.25, 0.3) is 0 Å². The first-order valence-corrected chi connectivity index (χ1v) is 25.5. The maximum atomic E-state index is 12.1. The number of ether oxygens (including phenoxy) is 1. The summed E-state index contributed by atoms with van der Waals surface area (Å²) in [7, 11) is 0. The molecule has 0 bridgehead atoms. The van der Waals surface area contributed by atoms with Crippen LogP contribution >= 0.6 is 0 Å². The molecule has 0 aromatic rings. The molecule has 0 amide bonds. The lowest BCUT2D eigenvalue weighted by Gasteiger charge is -2.13. The van der Waals surface area contributed by atoms with E-state index in [9.17, 15) is 9.59 Å². The lowest BCUT2D eigenvalue weighted by molar-refractivity contribution is -0.159. The Balaban J connectivity index is 3.33. The molecule has 55 heavy (non-hydrogen) atoms. The number of carbonyl (C=O) groups is 2. The molecule has 0 aromatic heterocycles. The van der Waals surface area contributed by atoms with Gasteiger partial charge in [0, 0.05) is 12.8 Å². The molecular weight excluding hydrogens is 673 g/mol. The van der Waals surface area contributed by atoms with E-state index in [1.54, 1.807) is 0 Å². The Morgan fingerprint density at radius 3 is 0.745 bits per heavy atom. The first-order valence-electron chi connectivity index (χ1n) is 25.5. The summed E-state index contributed by atoms with van der Waals surface area (Å²) < 4.78 is 5.07. The van der Waals surface area contributed by atoms with Crippen molar-refractivity contribution in [3.8, 4) is 0 Å². The molecule has 3 nitrogen and oxygen atoms in total. The van der Waals surface area contributed by atoms with Crippen LogP contribution in [0.15, 0.2) is 0 Å². The van der Waals surface area contributed by atoms with Crippen molar-refractivity contribution in [1.82, 2.24) is 0 Å². The van der Waals surface area contributed by atoms with E-state index in [2.05, 4.69) is 41.5 Å². The smallest absolute Gasteiger partial charge is 0.313 e. The second-order valence-corrected chi connectivity index (χ2v) is 18.9. The molecule has 0 aliphatic carbocycles. The van der Waals surface area contributed by atoms with Crippen LogP contribution in [-0.2, 0) is 14.3 Å². The van der Waals surface area contributed by atoms with Crippen LogP contribution in [0.4, 0.5) is 0 Å². The Hall–Kier alpha value is -0.860. The molecule has 0 aromatic carbocycles. The summed E-state index contributed by atoms with van der Waals surface area (Å²) in [6.07, 6.45) is 51.6. The molecule has 0 N–H and O–H groups in total. The molecule has 0 saturated heterocycles. The molecular formula is C52H102O3. The van der Waals surface area contributed by atoms with Crippen molar-refractivity contribution < 1.29 is 14.3 Å². The van der Waals surface area contributed by atoms with Gasteiger partial charge in [0.2, 0.25) is 0 Å². The van der Waals surface area contributed by atoms with Crippen LogP contribution in [0.2, 0.25) is 0 Å². The Morgan fingerprint density at radius 1 is 0.291 bits per heavy atom. The molecule has 0 fully saturated rings. The fourth-order valence-corrected chi connectivity index (χ4v) is 8.32. The van der Waals surface area contributed by atoms with E-state index in [-0.39, 0.29) is 11.9 Å². The third-order valence-electron chi connectivity index (χ3n) is 13.1. The van der Waals surface area contributed by atoms with Crippen LogP contribution in [0.1, 0.15) is 298 Å². The van der Waals surface area contributed by atoms with Gasteiger partial charge < -0.3 is 4.74 Å². The van der Waals surface area contributed by atoms with Crippen LogP contribution in [0.5, 0.6) is 0 Å². The van der Waals surface area contributed by atoms with Gasteiger partial charge in [-0.05, 0) is 36.5 Å². The van der Waals surface area contributed by atoms with Crippen LogP contribution in [0.3, 0.4) is 0 Å². The van der Waals surface area contributed by atoms with Gasteiger partial charge in [0.05, 0.1) is 0 Å². The number of esters is 2. The molecule has 4 atom stereocenters. The van der Waals surface area contributed by atoms with Crippen molar-refractivity contribution in [3.05, 3.63) is 0 Å². The van der Waals surface area contributed by atoms with E-state index in [4.69, 9.17) is 4.74 Å². The molecule has 0 radical (unpaired) electrons. The Labute approximate surface area is 347 Å². The molecule has 0 heterocycles. The Bertz CT molecular complexity index is 728. The van der Waals surface area contributed by atoms with Gasteiger partial charge in [-0.15, -0.1) is 0 Å². The minimum atomic E-state index is -0.320. The highest BCUT2D eigenvalue weighted by molar-refractivity contribution is 5.85. The van der Waals surface area contributed by atoms with E-state index >= 15 is 0 Å². The van der Waals surface area contributed by atoms with Crippen LogP contribution in [0, 0.1) is 23.7 Å². The summed E-state index contributed by atoms with van der Waals surface area (Å²) in [4.78, 5) is 24.1. The van der Waals surface area contributed by atoms with Crippen molar-refractivity contribution >= 4 is 11.9 Å². The molecule has 0 saturated carbocycles. The van der Waals surface area contributed by atoms with Crippen LogP contribution in [-0.4, -0.2) is 11.9 Å². The highest BCUT2D eigenvalue weighted by Gasteiger charge is 2.10. The predicted octanol–water partition coefficient (Wildman–Crippen LogP) is 18.2. The largest absolute Gasteiger partial charge is 0.393 e. The van der Waals surface area contributed by atoms with E-state index in [0.29, 0.717) is 12.8 Å². The van der Waals surface area contributed by atoms with Gasteiger partial charge in [-0.3, -0.25) is 9.59 Å². The second-order valence-electron chi connectivity index (χ2n) is 18.9. The normalized spacial score (nSPS) is 13.9. The molecule has 0 aliphatic heterocycles. The summed E-state index contributed by atoms with van der Waals surface area (Å²) in [6.45, 7) is 14.3. The maximum absolute atomic E-state index is 12.1. The predicted molar refractivity (Wildman–Crippen MR) is 244 cm³/mol. The SMILES string of the molecule is CCC(C)CCCC(C)CCCCCCCCCCCCCCCCC(=O)OC(=O)CCCCCCCCCCCCCCCCC(C)CCCC(C)CC. The van der Waals surface area contributed by atoms with Crippen LogP contribution < -0.4 is 0 Å². The van der Waals surface area contributed by atoms with Crippen molar-refractivity contribution in [3.63, 3.8) is 0 Å². The van der Waals surface area contributed by atoms with Crippen LogP contribution in [0.25, 0.3) is 0 Å². The first kappa shape index (κ1) is 54.1. The summed E-state index contributed by atoms with van der Waals surface area (Å²) in [5.41, 5.74) is 0. The molecule has 328 valence electrons. The molecule has 0 aliphatic rings. The molecule has 4 unspecified atom stereocenters. The van der Waals surface area contributed by atoms with Gasteiger partial charge in [-0.2, -0.15) is 0 Å². The summed E-state index contributed by atoms with van der Waals surface area (Å²) in [6, 6.07) is 0. The molecule has 0 rings (SSSR count). The summed E-state index contributed by atoms with van der Waals surface area (Å²) in [5.74, 6) is 3.02. The lowest BCUT2D eigenvalue weighted by Crippen LogP contribution is -2.11. The fraction of sp³-hybridized carbons (Fsp3) is 0.962. The third-order valence-corrected chi connectivity index (χ3v) is 13.1. The van der Waals surface area contributed by atoms with E-state index in [1.807, 2.05) is 0 Å². The molecule has 0 spiro atoms. The quantitative estimate of drug-likeness (QED) is 0.0352. The highest BCUT2D eigenvalue weighted by atomic mass is 16.6. The Kier molecular flexibility index (Phi) is 42.1. The zero-order valence-electron chi connectivity index (χ0n) is 38.8. The van der Waals surface area contributed by atoms with Crippen molar-refractivity contribution in [2.24, 2.45) is 23.7 Å². The standard InChI is InChI=1S/C52H102O3/c1-7-47(3)41-37-43-49(5)39-33-29-25-21-17-13-9-11-15-19-23-27-31-35-45-51(53)55-52(54)46-36-32-28-24-20-16-12-10-14-18-22-26-30-34-40-50(6)44-38-42-48(4)8-2/h47-50H,7-46H2,1-6H3. The zero-order valence-corrected chi connectivity index (χ0v) is 38.8. The van der Waals surface area contributed by atoms with Gasteiger partial charge in [-0.25, -0.2) is 0 Å². The number of hydrogen-bond acceptors (Lipinski definition) is 3. The van der Waals surface area contributed by atoms with Crippen molar-refractivity contribution in [2.45, 2.75) is 298 Å². The van der Waals surface area contributed by atoms with Gasteiger partial charge in [0.1, 0.15) is 0 Å². The number of rotatable bonds is 44. The number of hydrogen-bond donors (Lipinski definition) is 0. The van der Waals surface area contributed by atoms with E-state index in [0.717, 1.165) is 49.4 Å². The summed E-state index contributed by atoms with van der Waals surface area (Å²) in [5, 5.41) is 0. The average Bonchev–Trinajstić information content (AvgIpc) is 3.17. The van der Waals surface area contributed by atoms with E-state index < -0.39 is 0 Å². The van der Waals surface area contributed by atoms with Crippen molar-refractivity contribution in [2.75, 3.05) is 0 Å². The summed E-state index contributed by atoms with van der Waals surface area (Å²) >= 11 is 0. The topological polar surface area (TPSA) is 43.4 Å². The van der Waals surface area contributed by atoms with Gasteiger partial charge in [-0.1, -0.05) is 273 Å². The Morgan fingerprint density at radius 2 is 0.491 bits per heavy atom. The number of unbranched alkanes of at least 4 members (excludes halogenated alkanes) is 26. The van der Waals surface area contributed by atoms with Gasteiger partial charge in [0.15, 0.2) is 0 Å². The first-order chi connectivity index (χ1) is 26.8.